The third-order valence-electron chi connectivity index (χ3n) is 5.76. The van der Waals surface area contributed by atoms with Crippen LogP contribution in [0.3, 0.4) is 0 Å². The number of aromatic nitrogens is 3. The lowest BCUT2D eigenvalue weighted by Gasteiger charge is -2.14. The third-order valence-corrected chi connectivity index (χ3v) is 5.76. The molecule has 1 fully saturated rings. The number of fused-ring (bicyclic) bond motifs is 1. The molecule has 0 bridgehead atoms. The highest BCUT2D eigenvalue weighted by atomic mass is 19.1. The van der Waals surface area contributed by atoms with Crippen LogP contribution >= 0.6 is 0 Å². The summed E-state index contributed by atoms with van der Waals surface area (Å²) in [5.74, 6) is -1.77. The minimum absolute atomic E-state index is 0.0406. The van der Waals surface area contributed by atoms with Gasteiger partial charge in [-0.25, -0.2) is 19.2 Å². The summed E-state index contributed by atoms with van der Waals surface area (Å²) in [7, 11) is 0. The zero-order valence-electron chi connectivity index (χ0n) is 17.9. The van der Waals surface area contributed by atoms with Crippen LogP contribution in [0.1, 0.15) is 46.1 Å². The van der Waals surface area contributed by atoms with E-state index in [1.807, 2.05) is 31.2 Å². The Bertz CT molecular complexity index is 1440. The summed E-state index contributed by atoms with van der Waals surface area (Å²) in [4.78, 5) is 32.8. The smallest absolute Gasteiger partial charge is 0.341 e. The molecule has 0 aliphatic heterocycles. The van der Waals surface area contributed by atoms with Gasteiger partial charge in [-0.2, -0.15) is 0 Å². The number of aryl methyl sites for hydroxylation is 1. The van der Waals surface area contributed by atoms with Gasteiger partial charge < -0.3 is 15.0 Å². The van der Waals surface area contributed by atoms with Crippen molar-refractivity contribution in [2.75, 3.05) is 5.32 Å². The van der Waals surface area contributed by atoms with Crippen LogP contribution in [0.4, 0.5) is 16.0 Å². The number of carboxylic acids is 1. The minimum atomic E-state index is -1.32. The van der Waals surface area contributed by atoms with E-state index < -0.39 is 17.2 Å². The van der Waals surface area contributed by atoms with E-state index >= 15 is 0 Å². The van der Waals surface area contributed by atoms with E-state index in [-0.39, 0.29) is 28.6 Å². The minimum Gasteiger partial charge on any atom is -0.477 e. The summed E-state index contributed by atoms with van der Waals surface area (Å²) in [5.41, 5.74) is 2.59. The SMILES string of the molecule is Cc1ccc(Cc2ccnc(Nc3cc4c(cc3F)c(=O)c(C(=O)O)cn4C3CC3)n2)cc1. The second-order valence-electron chi connectivity index (χ2n) is 8.32. The topological polar surface area (TPSA) is 97.1 Å². The molecular weight excluding hydrogens is 423 g/mol. The summed E-state index contributed by atoms with van der Waals surface area (Å²) < 4.78 is 16.7. The van der Waals surface area contributed by atoms with Gasteiger partial charge in [-0.1, -0.05) is 29.8 Å². The van der Waals surface area contributed by atoms with Gasteiger partial charge in [0.1, 0.15) is 11.4 Å². The number of nitrogens with zero attached hydrogens (tertiary/aromatic N) is 3. The van der Waals surface area contributed by atoms with Crippen LogP contribution in [-0.2, 0) is 6.42 Å². The Labute approximate surface area is 188 Å². The van der Waals surface area contributed by atoms with Crippen LogP contribution in [0.5, 0.6) is 0 Å². The van der Waals surface area contributed by atoms with Gasteiger partial charge in [0.25, 0.3) is 0 Å². The molecule has 1 aliphatic carbocycles. The molecule has 8 heteroatoms. The number of nitrogens with one attached hydrogen (secondary N) is 1. The fourth-order valence-electron chi connectivity index (χ4n) is 3.86. The molecule has 0 atom stereocenters. The van der Waals surface area contributed by atoms with Crippen molar-refractivity contribution in [3.05, 3.63) is 93.3 Å². The Morgan fingerprint density at radius 3 is 2.67 bits per heavy atom. The standard InChI is InChI=1S/C25H21FN4O3/c1-14-2-4-15(5-3-14)10-16-8-9-27-25(28-16)29-21-12-22-18(11-20(21)26)23(31)19(24(32)33)13-30(22)17-6-7-17/h2-5,8-9,11-13,17H,6-7,10H2,1H3,(H,32,33)(H,27,28,29). The van der Waals surface area contributed by atoms with Crippen LogP contribution in [0.25, 0.3) is 10.9 Å². The Hall–Kier alpha value is -4.07. The van der Waals surface area contributed by atoms with Crippen molar-refractivity contribution in [3.63, 3.8) is 0 Å². The molecule has 0 unspecified atom stereocenters. The summed E-state index contributed by atoms with van der Waals surface area (Å²) >= 11 is 0. The lowest BCUT2D eigenvalue weighted by atomic mass is 10.1. The van der Waals surface area contributed by atoms with Crippen LogP contribution < -0.4 is 10.7 Å². The fourth-order valence-corrected chi connectivity index (χ4v) is 3.86. The first-order chi connectivity index (χ1) is 15.9. The highest BCUT2D eigenvalue weighted by Gasteiger charge is 2.27. The highest BCUT2D eigenvalue weighted by Crippen LogP contribution is 2.38. The number of rotatable bonds is 6. The van der Waals surface area contributed by atoms with Gasteiger partial charge in [-0.3, -0.25) is 4.79 Å². The van der Waals surface area contributed by atoms with E-state index in [0.717, 1.165) is 30.2 Å². The molecule has 166 valence electrons. The van der Waals surface area contributed by atoms with Gasteiger partial charge in [0, 0.05) is 30.2 Å². The van der Waals surface area contributed by atoms with Gasteiger partial charge in [0.15, 0.2) is 0 Å². The molecule has 0 spiro atoms. The summed E-state index contributed by atoms with van der Waals surface area (Å²) in [5, 5.41) is 12.3. The predicted octanol–water partition coefficient (Wildman–Crippen LogP) is 4.61. The number of hydrogen-bond acceptors (Lipinski definition) is 5. The van der Waals surface area contributed by atoms with Gasteiger partial charge in [0.2, 0.25) is 11.4 Å². The fraction of sp³-hybridized carbons (Fsp3) is 0.200. The molecule has 0 amide bonds. The number of hydrogen-bond donors (Lipinski definition) is 2. The highest BCUT2D eigenvalue weighted by molar-refractivity contribution is 5.93. The normalized spacial score (nSPS) is 13.3. The first kappa shape index (κ1) is 20.8. The van der Waals surface area contributed by atoms with Crippen LogP contribution in [0.15, 0.2) is 59.7 Å². The predicted molar refractivity (Wildman–Crippen MR) is 123 cm³/mol. The molecule has 5 rings (SSSR count). The zero-order chi connectivity index (χ0) is 23.1. The average Bonchev–Trinajstić information content (AvgIpc) is 3.62. The van der Waals surface area contributed by atoms with E-state index in [0.29, 0.717) is 11.9 Å². The largest absolute Gasteiger partial charge is 0.477 e. The van der Waals surface area contributed by atoms with Crippen LogP contribution in [0, 0.1) is 12.7 Å². The molecule has 4 aromatic rings. The number of halogens is 1. The number of benzene rings is 2. The van der Waals surface area contributed by atoms with E-state index in [1.165, 1.54) is 17.8 Å². The summed E-state index contributed by atoms with van der Waals surface area (Å²) in [6.07, 6.45) is 5.32. The molecule has 1 saturated carbocycles. The Morgan fingerprint density at radius 1 is 1.21 bits per heavy atom. The lowest BCUT2D eigenvalue weighted by Crippen LogP contribution is -2.19. The number of carboxylic acid groups (broad SMARTS) is 1. The Kier molecular flexibility index (Phi) is 5.12. The Balaban J connectivity index is 1.50. The summed E-state index contributed by atoms with van der Waals surface area (Å²) in [6.45, 7) is 2.03. The van der Waals surface area contributed by atoms with Gasteiger partial charge in [-0.15, -0.1) is 0 Å². The van der Waals surface area contributed by atoms with Crippen molar-refractivity contribution in [1.29, 1.82) is 0 Å². The second-order valence-corrected chi connectivity index (χ2v) is 8.32. The quantitative estimate of drug-likeness (QED) is 0.451. The summed E-state index contributed by atoms with van der Waals surface area (Å²) in [6, 6.07) is 12.7. The molecular formula is C25H21FN4O3. The number of anilines is 2. The Morgan fingerprint density at radius 2 is 1.97 bits per heavy atom. The van der Waals surface area contributed by atoms with E-state index in [2.05, 4.69) is 15.3 Å². The molecule has 2 aromatic carbocycles. The molecule has 2 N–H and O–H groups in total. The van der Waals surface area contributed by atoms with Crippen molar-refractivity contribution in [2.45, 2.75) is 32.2 Å². The molecule has 1 aliphatic rings. The maximum atomic E-state index is 14.9. The molecule has 0 radical (unpaired) electrons. The second kappa shape index (κ2) is 8.12. The van der Waals surface area contributed by atoms with Crippen molar-refractivity contribution in [1.82, 2.24) is 14.5 Å². The third kappa shape index (κ3) is 4.19. The number of carbonyl (C=O) groups is 1. The monoisotopic (exact) mass is 444 g/mol. The molecule has 0 saturated heterocycles. The number of pyridine rings is 1. The molecule has 7 nitrogen and oxygen atoms in total. The van der Waals surface area contributed by atoms with E-state index in [9.17, 15) is 19.1 Å². The van der Waals surface area contributed by atoms with E-state index in [1.54, 1.807) is 16.8 Å². The molecule has 2 aromatic heterocycles. The zero-order valence-corrected chi connectivity index (χ0v) is 17.9. The average molecular weight is 444 g/mol. The first-order valence-electron chi connectivity index (χ1n) is 10.7. The van der Waals surface area contributed by atoms with Crippen LogP contribution in [-0.4, -0.2) is 25.6 Å². The van der Waals surface area contributed by atoms with E-state index in [4.69, 9.17) is 0 Å². The van der Waals surface area contributed by atoms with Crippen molar-refractivity contribution in [2.24, 2.45) is 0 Å². The number of aromatic carboxylic acids is 1. The maximum absolute atomic E-state index is 14.9. The lowest BCUT2D eigenvalue weighted by molar-refractivity contribution is 0.0695. The van der Waals surface area contributed by atoms with Crippen LogP contribution in [0.2, 0.25) is 0 Å². The van der Waals surface area contributed by atoms with Crippen molar-refractivity contribution >= 4 is 28.5 Å². The van der Waals surface area contributed by atoms with Gasteiger partial charge in [0.05, 0.1) is 16.9 Å². The van der Waals surface area contributed by atoms with Crippen molar-refractivity contribution in [3.8, 4) is 0 Å². The van der Waals surface area contributed by atoms with Gasteiger partial charge in [-0.05, 0) is 43.5 Å². The van der Waals surface area contributed by atoms with Gasteiger partial charge >= 0.3 is 5.97 Å². The molecule has 2 heterocycles. The molecule has 33 heavy (non-hydrogen) atoms. The maximum Gasteiger partial charge on any atom is 0.341 e. The first-order valence-corrected chi connectivity index (χ1v) is 10.7. The van der Waals surface area contributed by atoms with Crippen molar-refractivity contribution < 1.29 is 14.3 Å².